The fraction of sp³-hybridized carbons (Fsp3) is 0. The molecule has 122 valence electrons. The van der Waals surface area contributed by atoms with E-state index in [-0.39, 0.29) is 5.75 Å². The first-order valence-corrected chi connectivity index (χ1v) is 8.69. The Hall–Kier alpha value is -3.18. The van der Waals surface area contributed by atoms with Gasteiger partial charge in [0.25, 0.3) is 0 Å². The van der Waals surface area contributed by atoms with Crippen molar-refractivity contribution in [3.8, 4) is 17.0 Å². The molecule has 3 aromatic carbocycles. The van der Waals surface area contributed by atoms with Gasteiger partial charge < -0.3 is 5.11 Å². The monoisotopic (exact) mass is 345 g/mol. The largest absolute Gasteiger partial charge is 0.508 e. The first-order valence-electron chi connectivity index (χ1n) is 7.81. The summed E-state index contributed by atoms with van der Waals surface area (Å²) in [6.45, 7) is 0. The molecule has 0 atom stereocenters. The van der Waals surface area contributed by atoms with Crippen LogP contribution in [-0.4, -0.2) is 16.3 Å². The second kappa shape index (κ2) is 6.75. The van der Waals surface area contributed by atoms with Crippen molar-refractivity contribution in [1.82, 2.24) is 4.98 Å². The number of phenolic OH excluding ortho intramolecular Hbond substituents is 1. The van der Waals surface area contributed by atoms with Crippen LogP contribution in [0.1, 0.15) is 5.56 Å². The molecular weight excluding hydrogens is 330 g/mol. The Morgan fingerprint density at radius 3 is 2.64 bits per heavy atom. The van der Waals surface area contributed by atoms with E-state index in [2.05, 4.69) is 15.5 Å². The predicted molar refractivity (Wildman–Crippen MR) is 104 cm³/mol. The molecule has 0 spiro atoms. The third-order valence-corrected chi connectivity index (χ3v) is 4.54. The van der Waals surface area contributed by atoms with E-state index in [1.807, 2.05) is 60.0 Å². The maximum Gasteiger partial charge on any atom is 0.203 e. The number of aromatic hydroxyl groups is 1. The fourth-order valence-corrected chi connectivity index (χ4v) is 3.23. The number of rotatable bonds is 4. The number of aromatic nitrogens is 1. The van der Waals surface area contributed by atoms with Crippen molar-refractivity contribution in [1.29, 1.82) is 0 Å². The Kier molecular flexibility index (Phi) is 4.14. The molecule has 2 N–H and O–H groups in total. The molecule has 0 aliphatic carbocycles. The van der Waals surface area contributed by atoms with Gasteiger partial charge in [-0.05, 0) is 34.5 Å². The van der Waals surface area contributed by atoms with Gasteiger partial charge in [-0.15, -0.1) is 11.3 Å². The summed E-state index contributed by atoms with van der Waals surface area (Å²) in [5, 5.41) is 18.6. The second-order valence-corrected chi connectivity index (χ2v) is 6.42. The topological polar surface area (TPSA) is 57.5 Å². The first-order chi connectivity index (χ1) is 12.3. The molecule has 1 heterocycles. The van der Waals surface area contributed by atoms with Crippen molar-refractivity contribution < 1.29 is 5.11 Å². The summed E-state index contributed by atoms with van der Waals surface area (Å²) in [7, 11) is 0. The van der Waals surface area contributed by atoms with Gasteiger partial charge in [0.1, 0.15) is 5.75 Å². The minimum absolute atomic E-state index is 0.272. The molecule has 0 amide bonds. The normalized spacial score (nSPS) is 11.2. The van der Waals surface area contributed by atoms with Gasteiger partial charge in [-0.3, -0.25) is 5.43 Å². The van der Waals surface area contributed by atoms with Gasteiger partial charge in [0.05, 0.1) is 11.9 Å². The van der Waals surface area contributed by atoms with E-state index >= 15 is 0 Å². The van der Waals surface area contributed by atoms with Crippen LogP contribution >= 0.6 is 11.3 Å². The Balaban J connectivity index is 1.48. The minimum Gasteiger partial charge on any atom is -0.508 e. The van der Waals surface area contributed by atoms with Gasteiger partial charge in [0, 0.05) is 10.9 Å². The number of phenols is 1. The number of hydrogen-bond acceptors (Lipinski definition) is 5. The number of hydrazone groups is 1. The van der Waals surface area contributed by atoms with E-state index in [9.17, 15) is 5.11 Å². The van der Waals surface area contributed by atoms with Crippen LogP contribution in [0.15, 0.2) is 77.2 Å². The van der Waals surface area contributed by atoms with Crippen LogP contribution in [-0.2, 0) is 0 Å². The Labute approximate surface area is 149 Å². The zero-order valence-electron chi connectivity index (χ0n) is 13.3. The van der Waals surface area contributed by atoms with Gasteiger partial charge in [-0.1, -0.05) is 48.5 Å². The highest BCUT2D eigenvalue weighted by atomic mass is 32.1. The zero-order valence-corrected chi connectivity index (χ0v) is 14.1. The van der Waals surface area contributed by atoms with Crippen molar-refractivity contribution in [2.24, 2.45) is 5.10 Å². The summed E-state index contributed by atoms with van der Waals surface area (Å²) in [4.78, 5) is 4.54. The molecule has 25 heavy (non-hydrogen) atoms. The van der Waals surface area contributed by atoms with E-state index in [0.717, 1.165) is 32.7 Å². The summed E-state index contributed by atoms with van der Waals surface area (Å²) in [5.74, 6) is 0.272. The van der Waals surface area contributed by atoms with Crippen molar-refractivity contribution in [2.75, 3.05) is 5.43 Å². The molecule has 0 unspecified atom stereocenters. The van der Waals surface area contributed by atoms with Crippen molar-refractivity contribution in [2.45, 2.75) is 0 Å². The maximum absolute atomic E-state index is 9.51. The average molecular weight is 345 g/mol. The zero-order chi connectivity index (χ0) is 17.1. The summed E-state index contributed by atoms with van der Waals surface area (Å²) in [6.07, 6.45) is 1.76. The minimum atomic E-state index is 0.272. The van der Waals surface area contributed by atoms with Gasteiger partial charge in [0.2, 0.25) is 5.13 Å². The summed E-state index contributed by atoms with van der Waals surface area (Å²) < 4.78 is 0. The second-order valence-electron chi connectivity index (χ2n) is 5.56. The average Bonchev–Trinajstić information content (AvgIpc) is 3.11. The van der Waals surface area contributed by atoms with E-state index < -0.39 is 0 Å². The lowest BCUT2D eigenvalue weighted by Gasteiger charge is -2.00. The molecule has 0 aliphatic heterocycles. The van der Waals surface area contributed by atoms with Gasteiger partial charge in [-0.2, -0.15) is 5.10 Å². The molecule has 4 aromatic rings. The first kappa shape index (κ1) is 15.4. The SMILES string of the molecule is Oc1ccc2cc(C=NNc3nc(-c4ccccc4)cs3)ccc2c1. The number of fused-ring (bicyclic) bond motifs is 1. The van der Waals surface area contributed by atoms with Crippen molar-refractivity contribution >= 4 is 33.5 Å². The quantitative estimate of drug-likeness (QED) is 0.399. The number of nitrogens with zero attached hydrogens (tertiary/aromatic N) is 2. The van der Waals surface area contributed by atoms with E-state index in [1.165, 1.54) is 11.3 Å². The summed E-state index contributed by atoms with van der Waals surface area (Å²) in [6, 6.07) is 21.3. The highest BCUT2D eigenvalue weighted by Gasteiger charge is 2.03. The fourth-order valence-electron chi connectivity index (χ4n) is 2.56. The lowest BCUT2D eigenvalue weighted by atomic mass is 10.1. The molecule has 4 rings (SSSR count). The van der Waals surface area contributed by atoms with E-state index in [4.69, 9.17) is 0 Å². The summed E-state index contributed by atoms with van der Waals surface area (Å²) >= 11 is 1.52. The van der Waals surface area contributed by atoms with Crippen LogP contribution < -0.4 is 5.43 Å². The van der Waals surface area contributed by atoms with Crippen LogP contribution in [0.5, 0.6) is 5.75 Å². The van der Waals surface area contributed by atoms with Gasteiger partial charge in [0.15, 0.2) is 0 Å². The number of benzene rings is 3. The van der Waals surface area contributed by atoms with Crippen LogP contribution in [0.3, 0.4) is 0 Å². The number of hydrogen-bond donors (Lipinski definition) is 2. The number of anilines is 1. The Morgan fingerprint density at radius 2 is 1.76 bits per heavy atom. The maximum atomic E-state index is 9.51. The molecule has 0 fully saturated rings. The lowest BCUT2D eigenvalue weighted by Crippen LogP contribution is -1.90. The van der Waals surface area contributed by atoms with Crippen molar-refractivity contribution in [3.05, 3.63) is 77.7 Å². The highest BCUT2D eigenvalue weighted by molar-refractivity contribution is 7.14. The molecule has 0 saturated heterocycles. The molecule has 0 radical (unpaired) electrons. The molecule has 0 bridgehead atoms. The standard InChI is InChI=1S/C20H15N3OS/c24-18-9-8-16-10-14(6-7-17(16)11-18)12-21-23-20-22-19(13-25-20)15-4-2-1-3-5-15/h1-13,24H,(H,22,23). The van der Waals surface area contributed by atoms with E-state index in [0.29, 0.717) is 0 Å². The Morgan fingerprint density at radius 1 is 0.960 bits per heavy atom. The summed E-state index contributed by atoms with van der Waals surface area (Å²) in [5.41, 5.74) is 5.98. The van der Waals surface area contributed by atoms with Crippen LogP contribution in [0.2, 0.25) is 0 Å². The van der Waals surface area contributed by atoms with Gasteiger partial charge >= 0.3 is 0 Å². The van der Waals surface area contributed by atoms with Crippen LogP contribution in [0.4, 0.5) is 5.13 Å². The van der Waals surface area contributed by atoms with Crippen LogP contribution in [0, 0.1) is 0 Å². The molecule has 0 aliphatic rings. The van der Waals surface area contributed by atoms with Gasteiger partial charge in [-0.25, -0.2) is 4.98 Å². The van der Waals surface area contributed by atoms with Crippen LogP contribution in [0.25, 0.3) is 22.0 Å². The molecule has 1 aromatic heterocycles. The molecule has 5 heteroatoms. The Bertz CT molecular complexity index is 1040. The highest BCUT2D eigenvalue weighted by Crippen LogP contribution is 2.24. The molecular formula is C20H15N3OS. The third kappa shape index (κ3) is 3.51. The third-order valence-electron chi connectivity index (χ3n) is 3.80. The molecule has 4 nitrogen and oxygen atoms in total. The van der Waals surface area contributed by atoms with E-state index in [1.54, 1.807) is 18.3 Å². The smallest absolute Gasteiger partial charge is 0.203 e. The number of thiazole rings is 1. The van der Waals surface area contributed by atoms with Crippen molar-refractivity contribution in [3.63, 3.8) is 0 Å². The molecule has 0 saturated carbocycles. The lowest BCUT2D eigenvalue weighted by molar-refractivity contribution is 0.476. The predicted octanol–water partition coefficient (Wildman–Crippen LogP) is 5.11. The number of nitrogens with one attached hydrogen (secondary N) is 1.